The molecule has 1 N–H and O–H groups in total. The Labute approximate surface area is 151 Å². The summed E-state index contributed by atoms with van der Waals surface area (Å²) >= 11 is 0. The lowest BCUT2D eigenvalue weighted by Crippen LogP contribution is -2.38. The standard InChI is InChI=1S/C20H19N3O3/c24-12-11-22(14-16-7-3-1-4-8-16)20(26)19(25)17-13-21-23(15-17)18-9-5-2-6-10-18/h1-10,13,15,24H,11-12,14H2. The van der Waals surface area contributed by atoms with E-state index in [-0.39, 0.29) is 25.3 Å². The minimum atomic E-state index is -0.657. The highest BCUT2D eigenvalue weighted by Crippen LogP contribution is 2.11. The number of aliphatic hydroxyl groups excluding tert-OH is 1. The van der Waals surface area contributed by atoms with Crippen molar-refractivity contribution in [2.75, 3.05) is 13.2 Å². The topological polar surface area (TPSA) is 75.4 Å². The van der Waals surface area contributed by atoms with Crippen LogP contribution in [0.2, 0.25) is 0 Å². The van der Waals surface area contributed by atoms with E-state index < -0.39 is 11.7 Å². The average molecular weight is 349 g/mol. The van der Waals surface area contributed by atoms with E-state index in [0.717, 1.165) is 11.3 Å². The van der Waals surface area contributed by atoms with Gasteiger partial charge < -0.3 is 10.0 Å². The van der Waals surface area contributed by atoms with Crippen molar-refractivity contribution in [1.82, 2.24) is 14.7 Å². The molecule has 1 aromatic heterocycles. The highest BCUT2D eigenvalue weighted by molar-refractivity contribution is 6.42. The number of aliphatic hydroxyl groups is 1. The van der Waals surface area contributed by atoms with E-state index in [2.05, 4.69) is 5.10 Å². The van der Waals surface area contributed by atoms with Gasteiger partial charge in [-0.25, -0.2) is 4.68 Å². The van der Waals surface area contributed by atoms with Crippen molar-refractivity contribution in [3.05, 3.63) is 84.2 Å². The Kier molecular flexibility index (Phi) is 5.56. The molecule has 0 aliphatic rings. The maximum Gasteiger partial charge on any atom is 0.295 e. The third kappa shape index (κ3) is 4.04. The molecule has 0 bridgehead atoms. The predicted molar refractivity (Wildman–Crippen MR) is 96.8 cm³/mol. The molecule has 6 heteroatoms. The first-order valence-electron chi connectivity index (χ1n) is 8.27. The van der Waals surface area contributed by atoms with Crippen LogP contribution >= 0.6 is 0 Å². The molecule has 0 spiro atoms. The number of Topliss-reactive ketones (excluding diaryl/α,β-unsaturated/α-hetero) is 1. The first-order valence-corrected chi connectivity index (χ1v) is 8.27. The largest absolute Gasteiger partial charge is 0.395 e. The van der Waals surface area contributed by atoms with Gasteiger partial charge in [0.2, 0.25) is 0 Å². The molecule has 0 saturated heterocycles. The molecule has 26 heavy (non-hydrogen) atoms. The van der Waals surface area contributed by atoms with Crippen LogP contribution in [0.4, 0.5) is 0 Å². The van der Waals surface area contributed by atoms with Gasteiger partial charge in [0.05, 0.1) is 24.1 Å². The molecule has 3 rings (SSSR count). The fraction of sp³-hybridized carbons (Fsp3) is 0.150. The van der Waals surface area contributed by atoms with Crippen molar-refractivity contribution < 1.29 is 14.7 Å². The average Bonchev–Trinajstić information content (AvgIpc) is 3.18. The second kappa shape index (κ2) is 8.22. The van der Waals surface area contributed by atoms with Gasteiger partial charge in [-0.3, -0.25) is 9.59 Å². The molecule has 132 valence electrons. The summed E-state index contributed by atoms with van der Waals surface area (Å²) in [5.74, 6) is -1.30. The van der Waals surface area contributed by atoms with Crippen LogP contribution in [0.1, 0.15) is 15.9 Å². The van der Waals surface area contributed by atoms with Crippen LogP contribution in [0.3, 0.4) is 0 Å². The van der Waals surface area contributed by atoms with E-state index in [1.807, 2.05) is 60.7 Å². The zero-order chi connectivity index (χ0) is 18.4. The number of hydrogen-bond acceptors (Lipinski definition) is 4. The third-order valence-corrected chi connectivity index (χ3v) is 3.93. The number of carbonyl (C=O) groups excluding carboxylic acids is 2. The summed E-state index contributed by atoms with van der Waals surface area (Å²) in [6.45, 7) is 0.139. The zero-order valence-corrected chi connectivity index (χ0v) is 14.2. The monoisotopic (exact) mass is 349 g/mol. The lowest BCUT2D eigenvalue weighted by molar-refractivity contribution is -0.127. The van der Waals surface area contributed by atoms with Crippen LogP contribution in [0.5, 0.6) is 0 Å². The number of hydrogen-bond donors (Lipinski definition) is 1. The molecule has 0 unspecified atom stereocenters. The van der Waals surface area contributed by atoms with Gasteiger partial charge in [0, 0.05) is 19.3 Å². The quantitative estimate of drug-likeness (QED) is 0.523. The highest BCUT2D eigenvalue weighted by atomic mass is 16.3. The number of amides is 1. The summed E-state index contributed by atoms with van der Waals surface area (Å²) in [5, 5.41) is 13.4. The van der Waals surface area contributed by atoms with Crippen molar-refractivity contribution >= 4 is 11.7 Å². The number of aromatic nitrogens is 2. The Bertz CT molecular complexity index is 876. The van der Waals surface area contributed by atoms with E-state index in [0.29, 0.717) is 0 Å². The molecule has 0 radical (unpaired) electrons. The minimum Gasteiger partial charge on any atom is -0.395 e. The second-order valence-corrected chi connectivity index (χ2v) is 5.77. The Morgan fingerprint density at radius 2 is 1.65 bits per heavy atom. The molecule has 3 aromatic rings. The van der Waals surface area contributed by atoms with Crippen LogP contribution in [0.25, 0.3) is 5.69 Å². The van der Waals surface area contributed by atoms with E-state index >= 15 is 0 Å². The van der Waals surface area contributed by atoms with Crippen molar-refractivity contribution in [1.29, 1.82) is 0 Å². The Hall–Kier alpha value is -3.25. The highest BCUT2D eigenvalue weighted by Gasteiger charge is 2.24. The summed E-state index contributed by atoms with van der Waals surface area (Å²) in [4.78, 5) is 26.5. The van der Waals surface area contributed by atoms with Gasteiger partial charge in [0.1, 0.15) is 0 Å². The zero-order valence-electron chi connectivity index (χ0n) is 14.2. The molecule has 0 aliphatic heterocycles. The van der Waals surface area contributed by atoms with Crippen LogP contribution in [0.15, 0.2) is 73.1 Å². The van der Waals surface area contributed by atoms with Crippen LogP contribution in [0, 0.1) is 0 Å². The first kappa shape index (κ1) is 17.6. The lowest BCUT2D eigenvalue weighted by Gasteiger charge is -2.20. The molecule has 0 fully saturated rings. The van der Waals surface area contributed by atoms with Crippen molar-refractivity contribution in [3.63, 3.8) is 0 Å². The predicted octanol–water partition coefficient (Wildman–Crippen LogP) is 2.08. The SMILES string of the molecule is O=C(C(=O)N(CCO)Cc1ccccc1)c1cnn(-c2ccccc2)c1. The van der Waals surface area contributed by atoms with Gasteiger partial charge >= 0.3 is 0 Å². The number of nitrogens with zero attached hydrogens (tertiary/aromatic N) is 3. The van der Waals surface area contributed by atoms with Crippen molar-refractivity contribution in [3.8, 4) is 5.69 Å². The molecule has 1 heterocycles. The Balaban J connectivity index is 1.77. The van der Waals surface area contributed by atoms with Gasteiger partial charge in [0.15, 0.2) is 0 Å². The van der Waals surface area contributed by atoms with Crippen LogP contribution in [-0.4, -0.2) is 44.6 Å². The molecule has 6 nitrogen and oxygen atoms in total. The van der Waals surface area contributed by atoms with Crippen LogP contribution in [-0.2, 0) is 11.3 Å². The third-order valence-electron chi connectivity index (χ3n) is 3.93. The number of rotatable bonds is 7. The first-order chi connectivity index (χ1) is 12.7. The normalized spacial score (nSPS) is 10.5. The fourth-order valence-electron chi connectivity index (χ4n) is 2.61. The van der Waals surface area contributed by atoms with Gasteiger partial charge in [-0.15, -0.1) is 0 Å². The summed E-state index contributed by atoms with van der Waals surface area (Å²) in [7, 11) is 0. The maximum atomic E-state index is 12.6. The Morgan fingerprint density at radius 3 is 2.31 bits per heavy atom. The fourth-order valence-corrected chi connectivity index (χ4v) is 2.61. The molecule has 0 saturated carbocycles. The molecule has 0 aliphatic carbocycles. The smallest absolute Gasteiger partial charge is 0.295 e. The number of ketones is 1. The van der Waals surface area contributed by atoms with Gasteiger partial charge in [-0.1, -0.05) is 48.5 Å². The Morgan fingerprint density at radius 1 is 1.00 bits per heavy atom. The second-order valence-electron chi connectivity index (χ2n) is 5.77. The lowest BCUT2D eigenvalue weighted by atomic mass is 10.1. The molecular formula is C20H19N3O3. The number of benzene rings is 2. The summed E-state index contributed by atoms with van der Waals surface area (Å²) in [6, 6.07) is 18.7. The summed E-state index contributed by atoms with van der Waals surface area (Å²) in [5.41, 5.74) is 1.91. The van der Waals surface area contributed by atoms with Crippen molar-refractivity contribution in [2.45, 2.75) is 6.54 Å². The van der Waals surface area contributed by atoms with Crippen LogP contribution < -0.4 is 0 Å². The number of para-hydroxylation sites is 1. The van der Waals surface area contributed by atoms with Gasteiger partial charge in [0.25, 0.3) is 11.7 Å². The van der Waals surface area contributed by atoms with Gasteiger partial charge in [-0.05, 0) is 17.7 Å². The van der Waals surface area contributed by atoms with E-state index in [4.69, 9.17) is 0 Å². The summed E-state index contributed by atoms with van der Waals surface area (Å²) < 4.78 is 1.55. The van der Waals surface area contributed by atoms with E-state index in [1.54, 1.807) is 4.68 Å². The molecule has 0 atom stereocenters. The molecule has 2 aromatic carbocycles. The van der Waals surface area contributed by atoms with E-state index in [9.17, 15) is 14.7 Å². The van der Waals surface area contributed by atoms with E-state index in [1.165, 1.54) is 17.3 Å². The van der Waals surface area contributed by atoms with Crippen molar-refractivity contribution in [2.24, 2.45) is 0 Å². The number of carbonyl (C=O) groups is 2. The minimum absolute atomic E-state index is 0.0896. The molecular weight excluding hydrogens is 330 g/mol. The molecule has 1 amide bonds. The maximum absolute atomic E-state index is 12.6. The summed E-state index contributed by atoms with van der Waals surface area (Å²) in [6.07, 6.45) is 2.92. The van der Waals surface area contributed by atoms with Gasteiger partial charge in [-0.2, -0.15) is 5.10 Å².